The van der Waals surface area contributed by atoms with E-state index in [0.29, 0.717) is 5.75 Å². The van der Waals surface area contributed by atoms with Crippen molar-refractivity contribution in [1.29, 1.82) is 0 Å². The van der Waals surface area contributed by atoms with E-state index in [1.165, 1.54) is 13.2 Å². The SMILES string of the molecule is COc1ccc(OC2CC(N)C2(C)C)cc1[N+](=O)[O-]. The summed E-state index contributed by atoms with van der Waals surface area (Å²) in [6, 6.07) is 4.70. The van der Waals surface area contributed by atoms with Crippen LogP contribution in [0.4, 0.5) is 5.69 Å². The highest BCUT2D eigenvalue weighted by atomic mass is 16.6. The van der Waals surface area contributed by atoms with Gasteiger partial charge < -0.3 is 15.2 Å². The number of hydrogen-bond donors (Lipinski definition) is 1. The van der Waals surface area contributed by atoms with Crippen LogP contribution in [0.2, 0.25) is 0 Å². The second kappa shape index (κ2) is 4.70. The van der Waals surface area contributed by atoms with E-state index in [4.69, 9.17) is 15.2 Å². The molecule has 2 unspecified atom stereocenters. The minimum absolute atomic E-state index is 0.0181. The Hall–Kier alpha value is -1.82. The molecule has 2 atom stereocenters. The van der Waals surface area contributed by atoms with Gasteiger partial charge in [-0.2, -0.15) is 0 Å². The fraction of sp³-hybridized carbons (Fsp3) is 0.538. The average molecular weight is 266 g/mol. The van der Waals surface area contributed by atoms with Crippen molar-refractivity contribution in [2.24, 2.45) is 11.1 Å². The maximum absolute atomic E-state index is 10.9. The quantitative estimate of drug-likeness (QED) is 0.666. The third-order valence-electron chi connectivity index (χ3n) is 3.88. The molecule has 104 valence electrons. The van der Waals surface area contributed by atoms with Gasteiger partial charge in [-0.15, -0.1) is 0 Å². The van der Waals surface area contributed by atoms with Crippen molar-refractivity contribution in [3.8, 4) is 11.5 Å². The molecule has 0 heterocycles. The first kappa shape index (κ1) is 13.6. The zero-order valence-corrected chi connectivity index (χ0v) is 11.3. The molecule has 2 N–H and O–H groups in total. The van der Waals surface area contributed by atoms with Crippen LogP contribution in [0.3, 0.4) is 0 Å². The summed E-state index contributed by atoms with van der Waals surface area (Å²) in [5, 5.41) is 10.9. The highest BCUT2D eigenvalue weighted by Crippen LogP contribution is 2.42. The summed E-state index contributed by atoms with van der Waals surface area (Å²) < 4.78 is 10.7. The molecular weight excluding hydrogens is 248 g/mol. The number of nitro groups is 1. The van der Waals surface area contributed by atoms with Crippen LogP contribution < -0.4 is 15.2 Å². The molecular formula is C13H18N2O4. The first-order valence-electron chi connectivity index (χ1n) is 6.11. The molecule has 6 nitrogen and oxygen atoms in total. The fourth-order valence-electron chi connectivity index (χ4n) is 2.17. The Kier molecular flexibility index (Phi) is 3.36. The molecule has 1 saturated carbocycles. The van der Waals surface area contributed by atoms with E-state index in [1.807, 2.05) is 13.8 Å². The van der Waals surface area contributed by atoms with Crippen LogP contribution >= 0.6 is 0 Å². The largest absolute Gasteiger partial charge is 0.490 e. The molecule has 1 aliphatic rings. The molecule has 1 aromatic carbocycles. The summed E-state index contributed by atoms with van der Waals surface area (Å²) in [5.41, 5.74) is 5.70. The predicted octanol–water partition coefficient (Wildman–Crippen LogP) is 2.11. The smallest absolute Gasteiger partial charge is 0.314 e. The van der Waals surface area contributed by atoms with E-state index in [2.05, 4.69) is 0 Å². The number of hydrogen-bond acceptors (Lipinski definition) is 5. The fourth-order valence-corrected chi connectivity index (χ4v) is 2.17. The molecule has 0 bridgehead atoms. The minimum atomic E-state index is -0.483. The Morgan fingerprint density at radius 3 is 2.63 bits per heavy atom. The van der Waals surface area contributed by atoms with Crippen LogP contribution in [0.1, 0.15) is 20.3 Å². The van der Waals surface area contributed by atoms with Gasteiger partial charge >= 0.3 is 5.69 Å². The van der Waals surface area contributed by atoms with Gasteiger partial charge in [0.05, 0.1) is 18.1 Å². The van der Waals surface area contributed by atoms with Gasteiger partial charge in [0.25, 0.3) is 0 Å². The first-order valence-corrected chi connectivity index (χ1v) is 6.11. The van der Waals surface area contributed by atoms with E-state index in [1.54, 1.807) is 12.1 Å². The van der Waals surface area contributed by atoms with Crippen LogP contribution in [0.25, 0.3) is 0 Å². The Balaban J connectivity index is 2.18. The Morgan fingerprint density at radius 2 is 2.16 bits per heavy atom. The number of benzene rings is 1. The van der Waals surface area contributed by atoms with Crippen molar-refractivity contribution in [2.75, 3.05) is 7.11 Å². The standard InChI is InChI=1S/C13H18N2O4/c1-13(2)11(14)7-12(13)19-8-4-5-10(18-3)9(6-8)15(16)17/h4-6,11-12H,7,14H2,1-3H3. The third kappa shape index (κ3) is 2.35. The van der Waals surface area contributed by atoms with E-state index in [-0.39, 0.29) is 29.0 Å². The maximum atomic E-state index is 10.9. The summed E-state index contributed by atoms with van der Waals surface area (Å²) in [4.78, 5) is 10.4. The molecule has 2 rings (SSSR count). The van der Waals surface area contributed by atoms with Gasteiger partial charge in [-0.3, -0.25) is 10.1 Å². The molecule has 0 spiro atoms. The highest BCUT2D eigenvalue weighted by molar-refractivity contribution is 5.51. The summed E-state index contributed by atoms with van der Waals surface area (Å²) in [5.74, 6) is 0.694. The second-order valence-corrected chi connectivity index (χ2v) is 5.36. The number of methoxy groups -OCH3 is 1. The molecule has 0 amide bonds. The number of nitrogens with two attached hydrogens (primary N) is 1. The van der Waals surface area contributed by atoms with Gasteiger partial charge in [0.1, 0.15) is 11.9 Å². The zero-order chi connectivity index (χ0) is 14.2. The van der Waals surface area contributed by atoms with Crippen molar-refractivity contribution in [3.63, 3.8) is 0 Å². The molecule has 19 heavy (non-hydrogen) atoms. The monoisotopic (exact) mass is 266 g/mol. The lowest BCUT2D eigenvalue weighted by Gasteiger charge is -2.49. The summed E-state index contributed by atoms with van der Waals surface area (Å²) in [7, 11) is 1.40. The number of nitrogens with zero attached hydrogens (tertiary/aromatic N) is 1. The lowest BCUT2D eigenvalue weighted by molar-refractivity contribution is -0.385. The summed E-state index contributed by atoms with van der Waals surface area (Å²) >= 11 is 0. The zero-order valence-electron chi connectivity index (χ0n) is 11.3. The predicted molar refractivity (Wildman–Crippen MR) is 70.4 cm³/mol. The van der Waals surface area contributed by atoms with Crippen LogP contribution in [0.5, 0.6) is 11.5 Å². The third-order valence-corrected chi connectivity index (χ3v) is 3.88. The Labute approximate surface area is 111 Å². The molecule has 6 heteroatoms. The number of ether oxygens (including phenoxy) is 2. The average Bonchev–Trinajstić information content (AvgIpc) is 2.38. The van der Waals surface area contributed by atoms with E-state index in [0.717, 1.165) is 6.42 Å². The van der Waals surface area contributed by atoms with E-state index >= 15 is 0 Å². The van der Waals surface area contributed by atoms with Crippen molar-refractivity contribution in [1.82, 2.24) is 0 Å². The summed E-state index contributed by atoms with van der Waals surface area (Å²) in [6.45, 7) is 4.06. The van der Waals surface area contributed by atoms with Crippen molar-refractivity contribution < 1.29 is 14.4 Å². The van der Waals surface area contributed by atoms with Gasteiger partial charge in [0.15, 0.2) is 5.75 Å². The van der Waals surface area contributed by atoms with Crippen LogP contribution in [0, 0.1) is 15.5 Å². The molecule has 1 aromatic rings. The van der Waals surface area contributed by atoms with Crippen molar-refractivity contribution in [3.05, 3.63) is 28.3 Å². The lowest BCUT2D eigenvalue weighted by atomic mass is 9.65. The van der Waals surface area contributed by atoms with E-state index < -0.39 is 4.92 Å². The molecule has 1 aliphatic carbocycles. The molecule has 0 aromatic heterocycles. The van der Waals surface area contributed by atoms with Crippen molar-refractivity contribution >= 4 is 5.69 Å². The molecule has 0 aliphatic heterocycles. The van der Waals surface area contributed by atoms with Crippen LogP contribution in [-0.4, -0.2) is 24.2 Å². The first-order chi connectivity index (χ1) is 8.86. The van der Waals surface area contributed by atoms with Gasteiger partial charge in [-0.25, -0.2) is 0 Å². The van der Waals surface area contributed by atoms with E-state index in [9.17, 15) is 10.1 Å². The molecule has 0 radical (unpaired) electrons. The minimum Gasteiger partial charge on any atom is -0.490 e. The van der Waals surface area contributed by atoms with Crippen LogP contribution in [0.15, 0.2) is 18.2 Å². The molecule has 1 fully saturated rings. The normalized spacial score (nSPS) is 24.4. The topological polar surface area (TPSA) is 87.6 Å². The van der Waals surface area contributed by atoms with Crippen molar-refractivity contribution in [2.45, 2.75) is 32.4 Å². The van der Waals surface area contributed by atoms with Crippen LogP contribution in [-0.2, 0) is 0 Å². The number of rotatable bonds is 4. The second-order valence-electron chi connectivity index (χ2n) is 5.36. The number of nitro benzene ring substituents is 1. The van der Waals surface area contributed by atoms with Gasteiger partial charge in [0.2, 0.25) is 0 Å². The lowest BCUT2D eigenvalue weighted by Crippen LogP contribution is -2.60. The van der Waals surface area contributed by atoms with Gasteiger partial charge in [0, 0.05) is 17.9 Å². The van der Waals surface area contributed by atoms with Gasteiger partial charge in [-0.05, 0) is 12.1 Å². The summed E-state index contributed by atoms with van der Waals surface area (Å²) in [6.07, 6.45) is 0.739. The maximum Gasteiger partial charge on any atom is 0.314 e. The Morgan fingerprint density at radius 1 is 1.47 bits per heavy atom. The highest BCUT2D eigenvalue weighted by Gasteiger charge is 2.48. The molecule has 0 saturated heterocycles. The Bertz CT molecular complexity index is 501. The van der Waals surface area contributed by atoms with Gasteiger partial charge in [-0.1, -0.05) is 13.8 Å².